The van der Waals surface area contributed by atoms with E-state index < -0.39 is 0 Å². The van der Waals surface area contributed by atoms with Gasteiger partial charge in [0, 0.05) is 56.9 Å². The second kappa shape index (κ2) is 10.8. The van der Waals surface area contributed by atoms with Crippen LogP contribution in [0.5, 0.6) is 0 Å². The highest BCUT2D eigenvalue weighted by atomic mass is 16.1. The third-order valence-electron chi connectivity index (χ3n) is 5.99. The summed E-state index contributed by atoms with van der Waals surface area (Å²) < 4.78 is 0. The van der Waals surface area contributed by atoms with Gasteiger partial charge in [0.25, 0.3) is 0 Å². The van der Waals surface area contributed by atoms with Crippen molar-refractivity contribution in [2.24, 2.45) is 5.92 Å². The quantitative estimate of drug-likeness (QED) is 0.549. The highest BCUT2D eigenvalue weighted by Crippen LogP contribution is 2.23. The maximum atomic E-state index is 12.7. The van der Waals surface area contributed by atoms with E-state index in [0.29, 0.717) is 19.0 Å². The van der Waals surface area contributed by atoms with Crippen molar-refractivity contribution in [1.82, 2.24) is 15.3 Å². The first-order chi connectivity index (χ1) is 15.7. The molecule has 0 spiro atoms. The van der Waals surface area contributed by atoms with Crippen LogP contribution in [0, 0.1) is 5.92 Å². The first kappa shape index (κ1) is 21.8. The Bertz CT molecular complexity index is 978. The van der Waals surface area contributed by atoms with Gasteiger partial charge in [-0.1, -0.05) is 48.5 Å². The lowest BCUT2D eigenvalue weighted by Crippen LogP contribution is -2.44. The fourth-order valence-electron chi connectivity index (χ4n) is 4.12. The SMILES string of the molecule is CN(CCCNC(=O)C1CCCN(c2ncc(-c3ccccc3)cn2)C1)c1ccccc1. The normalized spacial score (nSPS) is 15.9. The van der Waals surface area contributed by atoms with Crippen LogP contribution in [0.15, 0.2) is 73.1 Å². The molecule has 1 amide bonds. The van der Waals surface area contributed by atoms with E-state index in [4.69, 9.17) is 0 Å². The molecule has 1 N–H and O–H groups in total. The maximum absolute atomic E-state index is 12.7. The van der Waals surface area contributed by atoms with Crippen molar-refractivity contribution in [3.8, 4) is 11.1 Å². The smallest absolute Gasteiger partial charge is 0.225 e. The molecule has 2 heterocycles. The molecule has 6 heteroatoms. The van der Waals surface area contributed by atoms with Crippen LogP contribution < -0.4 is 15.1 Å². The second-order valence-electron chi connectivity index (χ2n) is 8.32. The summed E-state index contributed by atoms with van der Waals surface area (Å²) in [6.07, 6.45) is 6.53. The zero-order valence-electron chi connectivity index (χ0n) is 18.7. The molecule has 32 heavy (non-hydrogen) atoms. The van der Waals surface area contributed by atoms with Crippen LogP contribution in [0.25, 0.3) is 11.1 Å². The lowest BCUT2D eigenvalue weighted by Gasteiger charge is -2.32. The van der Waals surface area contributed by atoms with E-state index in [0.717, 1.165) is 43.5 Å². The summed E-state index contributed by atoms with van der Waals surface area (Å²) in [5.41, 5.74) is 3.30. The molecule has 1 unspecified atom stereocenters. The van der Waals surface area contributed by atoms with Gasteiger partial charge in [0.05, 0.1) is 5.92 Å². The van der Waals surface area contributed by atoms with Gasteiger partial charge in [0.1, 0.15) is 0 Å². The van der Waals surface area contributed by atoms with Crippen molar-refractivity contribution in [3.63, 3.8) is 0 Å². The van der Waals surface area contributed by atoms with Crippen LogP contribution >= 0.6 is 0 Å². The van der Waals surface area contributed by atoms with E-state index in [9.17, 15) is 4.79 Å². The molecule has 1 fully saturated rings. The van der Waals surface area contributed by atoms with E-state index in [1.54, 1.807) is 0 Å². The number of nitrogens with zero attached hydrogens (tertiary/aromatic N) is 4. The molecule has 166 valence electrons. The van der Waals surface area contributed by atoms with E-state index in [1.807, 2.05) is 48.8 Å². The number of piperidine rings is 1. The molecule has 0 aliphatic carbocycles. The topological polar surface area (TPSA) is 61.4 Å². The third kappa shape index (κ3) is 5.63. The molecule has 2 aromatic carbocycles. The number of hydrogen-bond donors (Lipinski definition) is 1. The number of hydrogen-bond acceptors (Lipinski definition) is 5. The summed E-state index contributed by atoms with van der Waals surface area (Å²) in [5, 5.41) is 3.13. The van der Waals surface area contributed by atoms with E-state index in [2.05, 4.69) is 56.4 Å². The van der Waals surface area contributed by atoms with Crippen molar-refractivity contribution in [2.45, 2.75) is 19.3 Å². The van der Waals surface area contributed by atoms with E-state index in [1.165, 1.54) is 5.69 Å². The molecule has 1 aliphatic rings. The molecular formula is C26H31N5O. The van der Waals surface area contributed by atoms with Crippen molar-refractivity contribution >= 4 is 17.5 Å². The largest absolute Gasteiger partial charge is 0.375 e. The summed E-state index contributed by atoms with van der Waals surface area (Å²) in [4.78, 5) is 26.2. The molecule has 1 atom stereocenters. The summed E-state index contributed by atoms with van der Waals surface area (Å²) in [6, 6.07) is 20.4. The zero-order chi connectivity index (χ0) is 22.2. The Labute approximate surface area is 190 Å². The summed E-state index contributed by atoms with van der Waals surface area (Å²) in [6.45, 7) is 3.15. The number of para-hydroxylation sites is 1. The molecule has 1 saturated heterocycles. The van der Waals surface area contributed by atoms with Gasteiger partial charge < -0.3 is 15.1 Å². The fourth-order valence-corrected chi connectivity index (χ4v) is 4.12. The van der Waals surface area contributed by atoms with Crippen molar-refractivity contribution in [2.75, 3.05) is 43.0 Å². The zero-order valence-corrected chi connectivity index (χ0v) is 18.7. The lowest BCUT2D eigenvalue weighted by molar-refractivity contribution is -0.125. The van der Waals surface area contributed by atoms with Crippen molar-refractivity contribution < 1.29 is 4.79 Å². The fraction of sp³-hybridized carbons (Fsp3) is 0.346. The Morgan fingerprint density at radius 2 is 1.72 bits per heavy atom. The first-order valence-electron chi connectivity index (χ1n) is 11.4. The summed E-state index contributed by atoms with van der Waals surface area (Å²) in [7, 11) is 2.08. The van der Waals surface area contributed by atoms with Gasteiger partial charge in [-0.3, -0.25) is 4.79 Å². The minimum Gasteiger partial charge on any atom is -0.375 e. The molecule has 0 radical (unpaired) electrons. The minimum atomic E-state index is -0.0204. The second-order valence-corrected chi connectivity index (χ2v) is 8.32. The van der Waals surface area contributed by atoms with Gasteiger partial charge in [0.15, 0.2) is 0 Å². The molecule has 1 aromatic heterocycles. The van der Waals surface area contributed by atoms with Crippen LogP contribution in [-0.4, -0.2) is 49.1 Å². The van der Waals surface area contributed by atoms with Gasteiger partial charge >= 0.3 is 0 Å². The Morgan fingerprint density at radius 3 is 2.44 bits per heavy atom. The lowest BCUT2D eigenvalue weighted by atomic mass is 9.97. The maximum Gasteiger partial charge on any atom is 0.225 e. The van der Waals surface area contributed by atoms with Crippen LogP contribution in [0.1, 0.15) is 19.3 Å². The van der Waals surface area contributed by atoms with E-state index >= 15 is 0 Å². The predicted octanol–water partition coefficient (Wildman–Crippen LogP) is 4.00. The Hall–Kier alpha value is -3.41. The highest BCUT2D eigenvalue weighted by Gasteiger charge is 2.26. The molecule has 0 bridgehead atoms. The molecule has 0 saturated carbocycles. The number of carbonyl (C=O) groups is 1. The van der Waals surface area contributed by atoms with Gasteiger partial charge in [-0.05, 0) is 37.0 Å². The third-order valence-corrected chi connectivity index (χ3v) is 5.99. The minimum absolute atomic E-state index is 0.0204. The van der Waals surface area contributed by atoms with Gasteiger partial charge in [-0.25, -0.2) is 9.97 Å². The standard InChI is InChI=1S/C26H31N5O/c1-30(24-13-6-3-7-14-24)16-9-15-27-25(32)22-12-8-17-31(20-22)26-28-18-23(19-29-26)21-10-4-2-5-11-21/h2-7,10-11,13-14,18-19,22H,8-9,12,15-17,20H2,1H3,(H,27,32). The number of rotatable bonds is 8. The highest BCUT2D eigenvalue weighted by molar-refractivity contribution is 5.79. The van der Waals surface area contributed by atoms with Gasteiger partial charge in [0.2, 0.25) is 11.9 Å². The number of benzene rings is 2. The monoisotopic (exact) mass is 429 g/mol. The number of carbonyl (C=O) groups excluding carboxylic acids is 1. The Balaban J connectivity index is 1.25. The molecular weight excluding hydrogens is 398 g/mol. The summed E-state index contributed by atoms with van der Waals surface area (Å²) >= 11 is 0. The number of anilines is 2. The van der Waals surface area contributed by atoms with Crippen LogP contribution in [-0.2, 0) is 4.79 Å². The predicted molar refractivity (Wildman–Crippen MR) is 130 cm³/mol. The van der Waals surface area contributed by atoms with Crippen LogP contribution in [0.4, 0.5) is 11.6 Å². The Kier molecular flexibility index (Phi) is 7.33. The Morgan fingerprint density at radius 1 is 1.03 bits per heavy atom. The molecule has 3 aromatic rings. The van der Waals surface area contributed by atoms with Gasteiger partial charge in [-0.15, -0.1) is 0 Å². The molecule has 6 nitrogen and oxygen atoms in total. The average molecular weight is 430 g/mol. The molecule has 4 rings (SSSR count). The number of nitrogens with one attached hydrogen (secondary N) is 1. The van der Waals surface area contributed by atoms with Crippen LogP contribution in [0.2, 0.25) is 0 Å². The number of aromatic nitrogens is 2. The first-order valence-corrected chi connectivity index (χ1v) is 11.4. The van der Waals surface area contributed by atoms with Gasteiger partial charge in [-0.2, -0.15) is 0 Å². The number of amides is 1. The van der Waals surface area contributed by atoms with Crippen LogP contribution in [0.3, 0.4) is 0 Å². The van der Waals surface area contributed by atoms with E-state index in [-0.39, 0.29) is 11.8 Å². The summed E-state index contributed by atoms with van der Waals surface area (Å²) in [5.74, 6) is 0.817. The average Bonchev–Trinajstić information content (AvgIpc) is 2.87. The van der Waals surface area contributed by atoms with Crippen molar-refractivity contribution in [3.05, 3.63) is 73.1 Å². The molecule has 1 aliphatic heterocycles. The van der Waals surface area contributed by atoms with Crippen molar-refractivity contribution in [1.29, 1.82) is 0 Å².